The molecule has 1 aromatic rings. The van der Waals surface area contributed by atoms with Crippen LogP contribution in [0.2, 0.25) is 0 Å². The van der Waals surface area contributed by atoms with Gasteiger partial charge in [-0.25, -0.2) is 0 Å². The molecule has 8 heteroatoms. The molecule has 0 amide bonds. The number of nitro benzene ring substituents is 2. The van der Waals surface area contributed by atoms with E-state index in [4.69, 9.17) is 5.11 Å². The molecule has 0 aromatic heterocycles. The molecule has 0 radical (unpaired) electrons. The van der Waals surface area contributed by atoms with Crippen molar-refractivity contribution in [3.05, 3.63) is 43.7 Å². The second-order valence-electron chi connectivity index (χ2n) is 2.58. The maximum Gasteiger partial charge on any atom is 0.317 e. The first kappa shape index (κ1) is 11.0. The summed E-state index contributed by atoms with van der Waals surface area (Å²) in [6.07, 6.45) is 0. The molecule has 0 aliphatic heterocycles. The lowest BCUT2D eigenvalue weighted by Crippen LogP contribution is -2.02. The first-order valence-electron chi connectivity index (χ1n) is 3.70. The molecule has 0 atom stereocenters. The Kier molecular flexibility index (Phi) is 2.90. The van der Waals surface area contributed by atoms with E-state index in [9.17, 15) is 24.6 Å². The summed E-state index contributed by atoms with van der Waals surface area (Å²) >= 11 is 0. The van der Waals surface area contributed by atoms with Gasteiger partial charge in [0, 0.05) is 6.07 Å². The molecule has 0 bridgehead atoms. The van der Waals surface area contributed by atoms with Gasteiger partial charge in [0.2, 0.25) is 0 Å². The summed E-state index contributed by atoms with van der Waals surface area (Å²) in [4.78, 5) is 18.5. The van der Waals surface area contributed by atoms with Gasteiger partial charge >= 0.3 is 11.4 Å². The molecular formula is C7H5FN2O5. The second-order valence-corrected chi connectivity index (χ2v) is 2.58. The van der Waals surface area contributed by atoms with Crippen molar-refractivity contribution in [2.75, 3.05) is 0 Å². The number of hydrogen-bond donors (Lipinski definition) is 1. The van der Waals surface area contributed by atoms with Crippen molar-refractivity contribution in [3.8, 4) is 0 Å². The van der Waals surface area contributed by atoms with Gasteiger partial charge in [-0.15, -0.1) is 0 Å². The van der Waals surface area contributed by atoms with Crippen LogP contribution < -0.4 is 0 Å². The standard InChI is InChI=1S/C7H5FN2O5/c8-6-5(9(12)13)2-1-4(3-11)7(6)10(14)15/h1-2,11H,3H2. The van der Waals surface area contributed by atoms with E-state index >= 15 is 0 Å². The van der Waals surface area contributed by atoms with E-state index in [1.54, 1.807) is 0 Å². The Morgan fingerprint density at radius 3 is 2.27 bits per heavy atom. The fourth-order valence-electron chi connectivity index (χ4n) is 1.06. The Balaban J connectivity index is 3.49. The van der Waals surface area contributed by atoms with Gasteiger partial charge in [-0.05, 0) is 6.07 Å². The predicted molar refractivity (Wildman–Crippen MR) is 45.6 cm³/mol. The lowest BCUT2D eigenvalue weighted by molar-refractivity contribution is -0.399. The van der Waals surface area contributed by atoms with Gasteiger partial charge in [0.1, 0.15) is 0 Å². The predicted octanol–water partition coefficient (Wildman–Crippen LogP) is 1.13. The average Bonchev–Trinajstić information content (AvgIpc) is 2.15. The van der Waals surface area contributed by atoms with E-state index in [-0.39, 0.29) is 5.56 Å². The maximum atomic E-state index is 13.2. The Bertz CT molecular complexity index is 434. The Labute approximate surface area is 82.1 Å². The number of rotatable bonds is 3. The molecule has 0 aliphatic carbocycles. The third kappa shape index (κ3) is 1.89. The van der Waals surface area contributed by atoms with Gasteiger partial charge < -0.3 is 5.11 Å². The number of aliphatic hydroxyl groups excluding tert-OH is 1. The van der Waals surface area contributed by atoms with Crippen LogP contribution >= 0.6 is 0 Å². The van der Waals surface area contributed by atoms with Crippen molar-refractivity contribution in [1.29, 1.82) is 0 Å². The van der Waals surface area contributed by atoms with Crippen LogP contribution in [0.25, 0.3) is 0 Å². The molecule has 80 valence electrons. The molecule has 0 spiro atoms. The van der Waals surface area contributed by atoms with Gasteiger partial charge in [-0.1, -0.05) is 0 Å². The molecule has 1 N–H and O–H groups in total. The van der Waals surface area contributed by atoms with E-state index in [2.05, 4.69) is 0 Å². The Morgan fingerprint density at radius 2 is 1.87 bits per heavy atom. The van der Waals surface area contributed by atoms with Crippen LogP contribution in [0.15, 0.2) is 12.1 Å². The van der Waals surface area contributed by atoms with Gasteiger partial charge in [-0.3, -0.25) is 20.2 Å². The maximum absolute atomic E-state index is 13.2. The van der Waals surface area contributed by atoms with E-state index in [1.807, 2.05) is 0 Å². The van der Waals surface area contributed by atoms with Crippen LogP contribution in [0.3, 0.4) is 0 Å². The molecule has 0 saturated heterocycles. The SMILES string of the molecule is O=[N+]([O-])c1ccc(CO)c([N+](=O)[O-])c1F. The summed E-state index contributed by atoms with van der Waals surface area (Å²) in [5, 5.41) is 29.4. The van der Waals surface area contributed by atoms with E-state index in [1.165, 1.54) is 0 Å². The average molecular weight is 216 g/mol. The zero-order valence-electron chi connectivity index (χ0n) is 7.21. The molecule has 1 aromatic carbocycles. The van der Waals surface area contributed by atoms with E-state index < -0.39 is 33.6 Å². The lowest BCUT2D eigenvalue weighted by atomic mass is 10.1. The minimum absolute atomic E-state index is 0.303. The minimum Gasteiger partial charge on any atom is -0.391 e. The van der Waals surface area contributed by atoms with Crippen LogP contribution in [0.1, 0.15) is 5.56 Å². The second kappa shape index (κ2) is 3.96. The Hall–Kier alpha value is -2.09. The summed E-state index contributed by atoms with van der Waals surface area (Å²) in [6.45, 7) is -0.759. The van der Waals surface area contributed by atoms with Crippen molar-refractivity contribution >= 4 is 11.4 Å². The molecule has 0 fully saturated rings. The molecule has 7 nitrogen and oxygen atoms in total. The highest BCUT2D eigenvalue weighted by atomic mass is 19.1. The van der Waals surface area contributed by atoms with E-state index in [0.29, 0.717) is 0 Å². The topological polar surface area (TPSA) is 107 Å². The van der Waals surface area contributed by atoms with Crippen LogP contribution in [0, 0.1) is 26.0 Å². The zero-order chi connectivity index (χ0) is 11.6. The molecule has 0 heterocycles. The quantitative estimate of drug-likeness (QED) is 0.602. The van der Waals surface area contributed by atoms with Crippen LogP contribution in [0.5, 0.6) is 0 Å². The lowest BCUT2D eigenvalue weighted by Gasteiger charge is -2.00. The number of halogens is 1. The molecule has 0 unspecified atom stereocenters. The van der Waals surface area contributed by atoms with Crippen molar-refractivity contribution in [2.24, 2.45) is 0 Å². The molecule has 0 saturated carbocycles. The number of benzene rings is 1. The highest BCUT2D eigenvalue weighted by molar-refractivity contribution is 5.50. The smallest absolute Gasteiger partial charge is 0.317 e. The van der Waals surface area contributed by atoms with Crippen LogP contribution in [-0.2, 0) is 6.61 Å². The fraction of sp³-hybridized carbons (Fsp3) is 0.143. The number of nitro groups is 2. The number of hydrogen-bond acceptors (Lipinski definition) is 5. The fourth-order valence-corrected chi connectivity index (χ4v) is 1.06. The third-order valence-corrected chi connectivity index (χ3v) is 1.73. The summed E-state index contributed by atoms with van der Waals surface area (Å²) in [5.41, 5.74) is -2.35. The summed E-state index contributed by atoms with van der Waals surface area (Å²) in [7, 11) is 0. The largest absolute Gasteiger partial charge is 0.391 e. The number of aliphatic hydroxyl groups is 1. The first-order valence-corrected chi connectivity index (χ1v) is 3.70. The van der Waals surface area contributed by atoms with Crippen LogP contribution in [0.4, 0.5) is 15.8 Å². The molecular weight excluding hydrogens is 211 g/mol. The highest BCUT2D eigenvalue weighted by Crippen LogP contribution is 2.29. The highest BCUT2D eigenvalue weighted by Gasteiger charge is 2.28. The van der Waals surface area contributed by atoms with Crippen LogP contribution in [-0.4, -0.2) is 15.0 Å². The minimum atomic E-state index is -1.54. The Morgan fingerprint density at radius 1 is 1.27 bits per heavy atom. The van der Waals surface area contributed by atoms with Gasteiger partial charge in [0.05, 0.1) is 22.0 Å². The van der Waals surface area contributed by atoms with Crippen molar-refractivity contribution in [1.82, 2.24) is 0 Å². The third-order valence-electron chi connectivity index (χ3n) is 1.73. The van der Waals surface area contributed by atoms with Gasteiger partial charge in [0.15, 0.2) is 0 Å². The van der Waals surface area contributed by atoms with Crippen molar-refractivity contribution in [3.63, 3.8) is 0 Å². The van der Waals surface area contributed by atoms with Gasteiger partial charge in [0.25, 0.3) is 5.82 Å². The van der Waals surface area contributed by atoms with Crippen molar-refractivity contribution < 1.29 is 19.3 Å². The van der Waals surface area contributed by atoms with E-state index in [0.717, 1.165) is 12.1 Å². The van der Waals surface area contributed by atoms with Gasteiger partial charge in [-0.2, -0.15) is 4.39 Å². The monoisotopic (exact) mass is 216 g/mol. The first-order chi connectivity index (χ1) is 6.99. The molecule has 15 heavy (non-hydrogen) atoms. The summed E-state index contributed by atoms with van der Waals surface area (Å²) in [6, 6.07) is 1.72. The summed E-state index contributed by atoms with van der Waals surface area (Å²) < 4.78 is 13.2. The van der Waals surface area contributed by atoms with Crippen molar-refractivity contribution in [2.45, 2.75) is 6.61 Å². The normalized spacial score (nSPS) is 10.0. The molecule has 1 rings (SSSR count). The molecule has 0 aliphatic rings. The summed E-state index contributed by atoms with van der Waals surface area (Å²) in [5.74, 6) is -1.54. The zero-order valence-corrected chi connectivity index (χ0v) is 7.21. The number of nitrogens with zero attached hydrogens (tertiary/aromatic N) is 2.